The van der Waals surface area contributed by atoms with Gasteiger partial charge in [-0.15, -0.1) is 0 Å². The minimum atomic E-state index is -3.43. The van der Waals surface area contributed by atoms with Crippen molar-refractivity contribution in [3.8, 4) is 0 Å². The van der Waals surface area contributed by atoms with E-state index in [-0.39, 0.29) is 53.8 Å². The lowest BCUT2D eigenvalue weighted by atomic mass is 9.82. The Morgan fingerprint density at radius 1 is 0.692 bits per heavy atom. The van der Waals surface area contributed by atoms with Crippen molar-refractivity contribution >= 4 is 82.6 Å². The van der Waals surface area contributed by atoms with Crippen LogP contribution in [0.4, 0.5) is 16.2 Å². The zero-order valence-electron chi connectivity index (χ0n) is 36.7. The predicted molar refractivity (Wildman–Crippen MR) is 256 cm³/mol. The number of Topliss-reactive ketones (excluding diaryl/α,β-unsaturated/α-hetero) is 1. The molecule has 0 bridgehead atoms. The number of benzene rings is 5. The van der Waals surface area contributed by atoms with Crippen LogP contribution in [-0.2, 0) is 41.5 Å². The number of non-ortho nitro benzene ring substituents is 2. The fraction of sp³-hybridized carbons (Fsp3) is 0.271. The van der Waals surface area contributed by atoms with Gasteiger partial charge >= 0.3 is 11.3 Å². The number of rotatable bonds is 18. The van der Waals surface area contributed by atoms with E-state index < -0.39 is 60.0 Å². The van der Waals surface area contributed by atoms with E-state index in [2.05, 4.69) is 20.8 Å². The highest BCUT2D eigenvalue weighted by Crippen LogP contribution is 2.50. The van der Waals surface area contributed by atoms with Crippen molar-refractivity contribution in [3.05, 3.63) is 171 Å². The zero-order chi connectivity index (χ0) is 46.9. The van der Waals surface area contributed by atoms with E-state index in [4.69, 9.17) is 13.9 Å². The minimum absolute atomic E-state index is 0.0231. The van der Waals surface area contributed by atoms with Gasteiger partial charge in [0, 0.05) is 36.9 Å². The van der Waals surface area contributed by atoms with Gasteiger partial charge in [0.25, 0.3) is 11.4 Å². The summed E-state index contributed by atoms with van der Waals surface area (Å²) < 4.78 is 18.0. The van der Waals surface area contributed by atoms with Gasteiger partial charge in [0.1, 0.15) is 24.7 Å². The molecule has 0 aromatic heterocycles. The zero-order valence-corrected chi connectivity index (χ0v) is 39.4. The molecule has 1 amide bonds. The summed E-state index contributed by atoms with van der Waals surface area (Å²) in [6.07, 6.45) is 0.0711. The van der Waals surface area contributed by atoms with Crippen molar-refractivity contribution in [3.63, 3.8) is 0 Å². The molecule has 0 radical (unpaired) electrons. The number of nitrogens with zero attached hydrogens (tertiary/aromatic N) is 3. The molecule has 0 unspecified atom stereocenters. The molecule has 1 aliphatic heterocycles. The number of ketones is 1. The molecule has 17 heteroatoms. The van der Waals surface area contributed by atoms with Crippen LogP contribution in [-0.4, -0.2) is 69.8 Å². The largest absolute Gasteiger partial charge is 0.456 e. The van der Waals surface area contributed by atoms with Crippen molar-refractivity contribution in [2.24, 2.45) is 5.92 Å². The molecule has 1 heterocycles. The molecular formula is C48H50N3O11PSSi. The second-order valence-corrected chi connectivity index (χ2v) is 26.0. The highest BCUT2D eigenvalue weighted by Gasteiger charge is 2.56. The summed E-state index contributed by atoms with van der Waals surface area (Å²) >= 11 is 0.829. The average molecular weight is 936 g/mol. The van der Waals surface area contributed by atoms with Gasteiger partial charge in [-0.05, 0) is 87.6 Å². The maximum absolute atomic E-state index is 15.3. The summed E-state index contributed by atoms with van der Waals surface area (Å²) in [7, 11) is -2.51. The SMILES string of the molecule is CC(C)(C)[Si](C)(C)OCC(=O)[C@H]1[C@H](CCSC(=O)OCc2ccc([N+](=O)[O-])cc2)C(=O)N1C(C(=O)OCc1ccc([N+](=O)[O-])cc1)=P(c1ccccc1)(c1ccccc1)c1ccccc1. The molecule has 1 fully saturated rings. The lowest BCUT2D eigenvalue weighted by Crippen LogP contribution is -2.69. The molecule has 5 aromatic carbocycles. The van der Waals surface area contributed by atoms with Gasteiger partial charge in [0.05, 0.1) is 22.4 Å². The van der Waals surface area contributed by atoms with Gasteiger partial charge in [0.15, 0.2) is 14.1 Å². The van der Waals surface area contributed by atoms with E-state index in [1.807, 2.05) is 104 Å². The summed E-state index contributed by atoms with van der Waals surface area (Å²) in [4.78, 5) is 80.9. The monoisotopic (exact) mass is 935 g/mol. The van der Waals surface area contributed by atoms with Crippen molar-refractivity contribution < 1.29 is 42.9 Å². The molecule has 0 N–H and O–H groups in total. The Bertz CT molecular complexity index is 2490. The summed E-state index contributed by atoms with van der Waals surface area (Å²) in [5.41, 5.74) is 0.759. The molecule has 5 aromatic rings. The van der Waals surface area contributed by atoms with Gasteiger partial charge in [-0.1, -0.05) is 112 Å². The number of hydrogen-bond donors (Lipinski definition) is 0. The number of carbonyl (C=O) groups is 4. The first-order valence-corrected chi connectivity index (χ1v) is 26.5. The van der Waals surface area contributed by atoms with Crippen LogP contribution in [0.15, 0.2) is 140 Å². The molecule has 338 valence electrons. The molecule has 1 saturated heterocycles. The number of hydrogen-bond acceptors (Lipinski definition) is 12. The second kappa shape index (κ2) is 20.8. The minimum Gasteiger partial charge on any atom is -0.456 e. The predicted octanol–water partition coefficient (Wildman–Crippen LogP) is 8.55. The number of amides is 1. The number of thioether (sulfide) groups is 1. The molecule has 0 spiro atoms. The normalized spacial score (nSPS) is 15.1. The highest BCUT2D eigenvalue weighted by molar-refractivity contribution is 8.13. The van der Waals surface area contributed by atoms with Crippen LogP contribution in [0.2, 0.25) is 18.1 Å². The number of ether oxygens (including phenoxy) is 2. The van der Waals surface area contributed by atoms with Gasteiger partial charge in [0.2, 0.25) is 5.91 Å². The van der Waals surface area contributed by atoms with Gasteiger partial charge in [-0.25, -0.2) is 9.59 Å². The average Bonchev–Trinajstić information content (AvgIpc) is 3.30. The molecule has 65 heavy (non-hydrogen) atoms. The number of carbonyl (C=O) groups excluding carboxylic acids is 4. The molecule has 0 saturated carbocycles. The van der Waals surface area contributed by atoms with Crippen molar-refractivity contribution in [1.29, 1.82) is 0 Å². The summed E-state index contributed by atoms with van der Waals surface area (Å²) in [6.45, 7) is 6.00. The third-order valence-corrected chi connectivity index (χ3v) is 21.3. The van der Waals surface area contributed by atoms with Crippen molar-refractivity contribution in [1.82, 2.24) is 4.90 Å². The Morgan fingerprint density at radius 3 is 1.54 bits per heavy atom. The smallest absolute Gasteiger partial charge is 0.367 e. The Morgan fingerprint density at radius 2 is 1.12 bits per heavy atom. The molecule has 6 rings (SSSR count). The number of β-lactam (4-membered cyclic amide) rings is 1. The Labute approximate surface area is 382 Å². The third kappa shape index (κ3) is 10.9. The second-order valence-electron chi connectivity index (χ2n) is 16.9. The van der Waals surface area contributed by atoms with E-state index in [1.54, 1.807) is 0 Å². The van der Waals surface area contributed by atoms with Crippen molar-refractivity contribution in [2.75, 3.05) is 12.4 Å². The topological polar surface area (TPSA) is 185 Å². The van der Waals surface area contributed by atoms with E-state index >= 15 is 9.59 Å². The number of nitro benzene ring substituents is 2. The maximum atomic E-state index is 15.3. The molecule has 0 aliphatic carbocycles. The first-order valence-electron chi connectivity index (χ1n) is 20.8. The lowest BCUT2D eigenvalue weighted by Gasteiger charge is -2.49. The highest BCUT2D eigenvalue weighted by atomic mass is 32.2. The fourth-order valence-electron chi connectivity index (χ4n) is 7.25. The Kier molecular flexibility index (Phi) is 15.4. The summed E-state index contributed by atoms with van der Waals surface area (Å²) in [5.74, 6) is -2.65. The summed E-state index contributed by atoms with van der Waals surface area (Å²) in [5, 5.41) is 23.7. The standard InChI is InChI=1S/C48H50N3O11PSSi/c1-48(2,3)65(4,5)62-33-42(52)43-41(29-30-64-47(55)61-32-35-23-27-37(28-24-35)51(58)59)44(53)49(43)45(46(54)60-31-34-21-25-36(26-22-34)50(56)57)63(38-15-9-6-10-16-38,39-17-11-7-12-18-39)40-19-13-8-14-20-40/h6-28,41,43H,29-33H2,1-5H3/t41-,43+/m0/s1. The van der Waals surface area contributed by atoms with Crippen LogP contribution in [0.25, 0.3) is 0 Å². The molecule has 1 aliphatic rings. The summed E-state index contributed by atoms with van der Waals surface area (Å²) in [6, 6.07) is 38.1. The Hall–Kier alpha value is -6.19. The third-order valence-electron chi connectivity index (χ3n) is 11.8. The quantitative estimate of drug-likeness (QED) is 0.0204. The molecule has 14 nitrogen and oxygen atoms in total. The number of nitro groups is 2. The first-order chi connectivity index (χ1) is 31.0. The van der Waals surface area contributed by atoms with Crippen molar-refractivity contribution in [2.45, 2.75) is 64.6 Å². The van der Waals surface area contributed by atoms with Crippen LogP contribution in [0.5, 0.6) is 0 Å². The van der Waals surface area contributed by atoms with Gasteiger partial charge in [-0.2, -0.15) is 0 Å². The van der Waals surface area contributed by atoms with E-state index in [0.29, 0.717) is 27.0 Å². The molecule has 2 atom stereocenters. The van der Waals surface area contributed by atoms with Crippen LogP contribution in [0.1, 0.15) is 38.3 Å². The van der Waals surface area contributed by atoms with Crippen LogP contribution in [0, 0.1) is 26.1 Å². The van der Waals surface area contributed by atoms with Gasteiger partial charge in [-0.3, -0.25) is 34.7 Å². The fourth-order valence-corrected chi connectivity index (χ4v) is 13.2. The van der Waals surface area contributed by atoms with E-state index in [9.17, 15) is 29.8 Å². The van der Waals surface area contributed by atoms with Crippen LogP contribution in [0.3, 0.4) is 0 Å². The molecular weight excluding hydrogens is 886 g/mol. The number of likely N-dealkylation sites (tertiary alicyclic amines) is 1. The van der Waals surface area contributed by atoms with E-state index in [1.165, 1.54) is 53.4 Å². The Balaban J connectivity index is 1.45. The lowest BCUT2D eigenvalue weighted by molar-refractivity contribution is -0.385. The van der Waals surface area contributed by atoms with Crippen LogP contribution < -0.4 is 15.9 Å². The van der Waals surface area contributed by atoms with Gasteiger partial charge < -0.3 is 13.9 Å². The van der Waals surface area contributed by atoms with Crippen LogP contribution >= 0.6 is 18.6 Å². The first kappa shape index (κ1) is 48.3. The number of esters is 1. The maximum Gasteiger partial charge on any atom is 0.367 e. The van der Waals surface area contributed by atoms with E-state index in [0.717, 1.165) is 11.8 Å².